The van der Waals surface area contributed by atoms with Gasteiger partial charge in [-0.1, -0.05) is 18.9 Å². The lowest BCUT2D eigenvalue weighted by molar-refractivity contribution is 0.102. The summed E-state index contributed by atoms with van der Waals surface area (Å²) in [6.45, 7) is 5.70. The van der Waals surface area contributed by atoms with Crippen LogP contribution in [0.25, 0.3) is 11.5 Å². The summed E-state index contributed by atoms with van der Waals surface area (Å²) in [7, 11) is -3.62. The molecule has 0 aliphatic carbocycles. The number of nitrogens with zero attached hydrogens (tertiary/aromatic N) is 3. The number of sulfonamides is 1. The Morgan fingerprint density at radius 1 is 0.971 bits per heavy atom. The fourth-order valence-electron chi connectivity index (χ4n) is 3.51. The van der Waals surface area contributed by atoms with Crippen LogP contribution >= 0.6 is 0 Å². The first-order valence-electron chi connectivity index (χ1n) is 11.1. The van der Waals surface area contributed by atoms with Gasteiger partial charge < -0.3 is 13.9 Å². The van der Waals surface area contributed by atoms with E-state index in [-0.39, 0.29) is 22.4 Å². The van der Waals surface area contributed by atoms with Crippen LogP contribution in [-0.4, -0.2) is 55.1 Å². The molecule has 1 aromatic heterocycles. The molecule has 0 saturated heterocycles. The SMILES string of the molecule is CCCN(CCC)S(=O)(=O)c1ccc(C(=O)Nc2nnc(-c3ccc4c(c3)OCCO4)o2)cc1. The lowest BCUT2D eigenvalue weighted by atomic mass is 10.2. The highest BCUT2D eigenvalue weighted by Gasteiger charge is 2.23. The molecule has 2 heterocycles. The van der Waals surface area contributed by atoms with E-state index >= 15 is 0 Å². The minimum atomic E-state index is -3.62. The van der Waals surface area contributed by atoms with Crippen LogP contribution in [0.1, 0.15) is 37.0 Å². The van der Waals surface area contributed by atoms with Gasteiger partial charge in [0.2, 0.25) is 15.9 Å². The zero-order valence-electron chi connectivity index (χ0n) is 19.0. The van der Waals surface area contributed by atoms with Crippen molar-refractivity contribution < 1.29 is 27.1 Å². The maximum atomic E-state index is 12.9. The lowest BCUT2D eigenvalue weighted by Crippen LogP contribution is -2.32. The highest BCUT2D eigenvalue weighted by Crippen LogP contribution is 2.34. The first-order chi connectivity index (χ1) is 16.4. The van der Waals surface area contributed by atoms with Crippen molar-refractivity contribution in [1.29, 1.82) is 0 Å². The summed E-state index contributed by atoms with van der Waals surface area (Å²) in [4.78, 5) is 12.8. The quantitative estimate of drug-likeness (QED) is 0.487. The van der Waals surface area contributed by atoms with E-state index in [0.29, 0.717) is 43.4 Å². The first kappa shape index (κ1) is 23.7. The van der Waals surface area contributed by atoms with Crippen LogP contribution in [0.15, 0.2) is 51.8 Å². The fourth-order valence-corrected chi connectivity index (χ4v) is 5.14. The minimum Gasteiger partial charge on any atom is -0.486 e. The fraction of sp³-hybridized carbons (Fsp3) is 0.348. The second kappa shape index (κ2) is 10.2. The molecule has 0 atom stereocenters. The molecule has 11 heteroatoms. The Balaban J connectivity index is 1.45. The van der Waals surface area contributed by atoms with E-state index in [9.17, 15) is 13.2 Å². The molecule has 1 aliphatic heterocycles. The third-order valence-corrected chi connectivity index (χ3v) is 7.05. The van der Waals surface area contributed by atoms with Gasteiger partial charge in [-0.2, -0.15) is 4.31 Å². The number of ether oxygens (including phenoxy) is 2. The molecular formula is C23H26N4O6S. The van der Waals surface area contributed by atoms with Crippen LogP contribution in [0.4, 0.5) is 6.01 Å². The second-order valence-electron chi connectivity index (χ2n) is 7.65. The normalized spacial score (nSPS) is 13.1. The Hall–Kier alpha value is -3.44. The number of nitrogens with one attached hydrogen (secondary N) is 1. The summed E-state index contributed by atoms with van der Waals surface area (Å²) < 4.78 is 43.9. The van der Waals surface area contributed by atoms with Gasteiger partial charge in [0, 0.05) is 24.2 Å². The number of fused-ring (bicyclic) bond motifs is 1. The largest absolute Gasteiger partial charge is 0.486 e. The van der Waals surface area contributed by atoms with Gasteiger partial charge in [-0.25, -0.2) is 8.42 Å². The van der Waals surface area contributed by atoms with E-state index < -0.39 is 15.9 Å². The molecule has 0 unspecified atom stereocenters. The Kier molecular flexibility index (Phi) is 7.13. The van der Waals surface area contributed by atoms with Crippen molar-refractivity contribution in [2.75, 3.05) is 31.6 Å². The number of hydrogen-bond acceptors (Lipinski definition) is 8. The third-order valence-electron chi connectivity index (χ3n) is 5.13. The second-order valence-corrected chi connectivity index (χ2v) is 9.59. The predicted molar refractivity (Wildman–Crippen MR) is 124 cm³/mol. The Labute approximate surface area is 197 Å². The smallest absolute Gasteiger partial charge is 0.322 e. The Morgan fingerprint density at radius 2 is 1.65 bits per heavy atom. The molecule has 1 N–H and O–H groups in total. The number of rotatable bonds is 9. The highest BCUT2D eigenvalue weighted by atomic mass is 32.2. The van der Waals surface area contributed by atoms with Gasteiger partial charge in [-0.15, -0.1) is 5.10 Å². The molecule has 180 valence electrons. The van der Waals surface area contributed by atoms with Gasteiger partial charge in [0.25, 0.3) is 5.91 Å². The van der Waals surface area contributed by atoms with E-state index in [4.69, 9.17) is 13.9 Å². The van der Waals surface area contributed by atoms with E-state index in [1.54, 1.807) is 18.2 Å². The summed E-state index contributed by atoms with van der Waals surface area (Å²) in [6, 6.07) is 10.9. The summed E-state index contributed by atoms with van der Waals surface area (Å²) in [5.41, 5.74) is 0.881. The van der Waals surface area contributed by atoms with Crippen LogP contribution in [0.2, 0.25) is 0 Å². The molecule has 0 fully saturated rings. The number of carbonyl (C=O) groups is 1. The van der Waals surface area contributed by atoms with Crippen LogP contribution < -0.4 is 14.8 Å². The number of anilines is 1. The molecule has 0 radical (unpaired) electrons. The first-order valence-corrected chi connectivity index (χ1v) is 12.5. The number of aromatic nitrogens is 2. The van der Waals surface area contributed by atoms with Gasteiger partial charge in [0.1, 0.15) is 13.2 Å². The van der Waals surface area contributed by atoms with Crippen molar-refractivity contribution in [1.82, 2.24) is 14.5 Å². The van der Waals surface area contributed by atoms with Crippen molar-refractivity contribution in [2.45, 2.75) is 31.6 Å². The van der Waals surface area contributed by atoms with Gasteiger partial charge in [0.05, 0.1) is 4.90 Å². The molecule has 4 rings (SSSR count). The van der Waals surface area contributed by atoms with Crippen molar-refractivity contribution in [3.8, 4) is 23.0 Å². The average Bonchev–Trinajstić information content (AvgIpc) is 3.32. The van der Waals surface area contributed by atoms with E-state index in [0.717, 1.165) is 12.8 Å². The van der Waals surface area contributed by atoms with Crippen molar-refractivity contribution >= 4 is 21.9 Å². The van der Waals surface area contributed by atoms with Gasteiger partial charge in [-0.3, -0.25) is 10.1 Å². The van der Waals surface area contributed by atoms with Crippen LogP contribution in [0, 0.1) is 0 Å². The molecule has 2 aromatic carbocycles. The maximum absolute atomic E-state index is 12.9. The number of benzene rings is 2. The highest BCUT2D eigenvalue weighted by molar-refractivity contribution is 7.89. The Bertz CT molecular complexity index is 1250. The molecule has 0 bridgehead atoms. The monoisotopic (exact) mass is 486 g/mol. The zero-order chi connectivity index (χ0) is 24.1. The zero-order valence-corrected chi connectivity index (χ0v) is 19.8. The van der Waals surface area contributed by atoms with Crippen molar-refractivity contribution in [2.24, 2.45) is 0 Å². The van der Waals surface area contributed by atoms with Crippen LogP contribution in [0.3, 0.4) is 0 Å². The van der Waals surface area contributed by atoms with Crippen LogP contribution in [0.5, 0.6) is 11.5 Å². The molecule has 10 nitrogen and oxygen atoms in total. The van der Waals surface area contributed by atoms with Gasteiger partial charge in [0.15, 0.2) is 11.5 Å². The molecule has 0 spiro atoms. The molecule has 1 amide bonds. The Morgan fingerprint density at radius 3 is 2.32 bits per heavy atom. The summed E-state index contributed by atoms with van der Waals surface area (Å²) in [5.74, 6) is 0.931. The summed E-state index contributed by atoms with van der Waals surface area (Å²) in [5, 5.41) is 10.4. The maximum Gasteiger partial charge on any atom is 0.322 e. The summed E-state index contributed by atoms with van der Waals surface area (Å²) in [6.07, 6.45) is 1.44. The average molecular weight is 487 g/mol. The van der Waals surface area contributed by atoms with E-state index in [1.807, 2.05) is 13.8 Å². The standard InChI is InChI=1S/C23H26N4O6S/c1-3-11-27(12-4-2)34(29,30)18-8-5-16(6-9-18)21(28)24-23-26-25-22(33-23)17-7-10-19-20(15-17)32-14-13-31-19/h5-10,15H,3-4,11-14H2,1-2H3,(H,24,26,28). The van der Waals surface area contributed by atoms with E-state index in [1.165, 1.54) is 28.6 Å². The van der Waals surface area contributed by atoms with E-state index in [2.05, 4.69) is 15.5 Å². The molecular weight excluding hydrogens is 460 g/mol. The van der Waals surface area contributed by atoms with Crippen molar-refractivity contribution in [3.63, 3.8) is 0 Å². The van der Waals surface area contributed by atoms with Gasteiger partial charge >= 0.3 is 6.01 Å². The lowest BCUT2D eigenvalue weighted by Gasteiger charge is -2.21. The molecule has 3 aromatic rings. The van der Waals surface area contributed by atoms with Gasteiger partial charge in [-0.05, 0) is 55.3 Å². The number of carbonyl (C=O) groups excluding carboxylic acids is 1. The number of amides is 1. The van der Waals surface area contributed by atoms with Crippen molar-refractivity contribution in [3.05, 3.63) is 48.0 Å². The number of hydrogen-bond donors (Lipinski definition) is 1. The molecule has 34 heavy (non-hydrogen) atoms. The summed E-state index contributed by atoms with van der Waals surface area (Å²) >= 11 is 0. The molecule has 1 aliphatic rings. The third kappa shape index (κ3) is 5.05. The molecule has 0 saturated carbocycles. The minimum absolute atomic E-state index is 0.0800. The predicted octanol–water partition coefficient (Wildman–Crippen LogP) is 3.57. The van der Waals surface area contributed by atoms with Crippen LogP contribution in [-0.2, 0) is 10.0 Å². The topological polar surface area (TPSA) is 124 Å².